The van der Waals surface area contributed by atoms with Crippen molar-refractivity contribution in [3.63, 3.8) is 0 Å². The molecule has 0 aliphatic rings. The van der Waals surface area contributed by atoms with Crippen molar-refractivity contribution < 1.29 is 4.42 Å². The van der Waals surface area contributed by atoms with E-state index in [1.54, 1.807) is 0 Å². The summed E-state index contributed by atoms with van der Waals surface area (Å²) in [7, 11) is 0. The zero-order valence-electron chi connectivity index (χ0n) is 9.03. The van der Waals surface area contributed by atoms with E-state index in [9.17, 15) is 0 Å². The summed E-state index contributed by atoms with van der Waals surface area (Å²) in [6.07, 6.45) is 7.16. The number of aryl methyl sites for hydroxylation is 2. The molecule has 0 fully saturated rings. The molecule has 0 aromatic carbocycles. The molecule has 0 atom stereocenters. The van der Waals surface area contributed by atoms with E-state index < -0.39 is 0 Å². The van der Waals surface area contributed by atoms with E-state index in [4.69, 9.17) is 4.42 Å². The summed E-state index contributed by atoms with van der Waals surface area (Å²) >= 11 is 0. The van der Waals surface area contributed by atoms with Crippen LogP contribution in [0.5, 0.6) is 0 Å². The maximum atomic E-state index is 5.41. The lowest BCUT2D eigenvalue weighted by Crippen LogP contribution is -1.88. The van der Waals surface area contributed by atoms with Crippen molar-refractivity contribution in [1.82, 2.24) is 9.97 Å². The van der Waals surface area contributed by atoms with Gasteiger partial charge in [-0.2, -0.15) is 0 Å². The van der Waals surface area contributed by atoms with Crippen molar-refractivity contribution in [2.45, 2.75) is 26.7 Å². The summed E-state index contributed by atoms with van der Waals surface area (Å²) in [5.74, 6) is 0.855. The van der Waals surface area contributed by atoms with Gasteiger partial charge in [0.25, 0.3) is 0 Å². The molecule has 78 valence electrons. The lowest BCUT2D eigenvalue weighted by Gasteiger charge is -2.00. The van der Waals surface area contributed by atoms with Gasteiger partial charge < -0.3 is 4.42 Å². The Morgan fingerprint density at radius 3 is 2.93 bits per heavy atom. The normalized spacial score (nSPS) is 10.5. The van der Waals surface area contributed by atoms with Gasteiger partial charge in [-0.1, -0.05) is 13.3 Å². The molecule has 0 bridgehead atoms. The van der Waals surface area contributed by atoms with Crippen LogP contribution in [0.15, 0.2) is 29.3 Å². The van der Waals surface area contributed by atoms with Crippen LogP contribution in [0.2, 0.25) is 0 Å². The molecule has 0 saturated heterocycles. The van der Waals surface area contributed by atoms with E-state index in [0.717, 1.165) is 35.4 Å². The van der Waals surface area contributed by atoms with Gasteiger partial charge in [-0.05, 0) is 25.0 Å². The number of rotatable bonds is 3. The molecule has 2 aromatic heterocycles. The summed E-state index contributed by atoms with van der Waals surface area (Å²) < 4.78 is 5.41. The Bertz CT molecular complexity index is 448. The average molecular weight is 202 g/mol. The van der Waals surface area contributed by atoms with Gasteiger partial charge in [0.2, 0.25) is 0 Å². The van der Waals surface area contributed by atoms with E-state index in [1.165, 1.54) is 6.39 Å². The Kier molecular flexibility index (Phi) is 2.81. The van der Waals surface area contributed by atoms with Crippen LogP contribution in [0.3, 0.4) is 0 Å². The van der Waals surface area contributed by atoms with Gasteiger partial charge in [-0.15, -0.1) is 0 Å². The summed E-state index contributed by atoms with van der Waals surface area (Å²) in [4.78, 5) is 8.37. The van der Waals surface area contributed by atoms with Crippen LogP contribution < -0.4 is 0 Å². The molecule has 2 aromatic rings. The fourth-order valence-electron chi connectivity index (χ4n) is 1.60. The fraction of sp³-hybridized carbons (Fsp3) is 0.333. The highest BCUT2D eigenvalue weighted by Gasteiger charge is 2.09. The van der Waals surface area contributed by atoms with Crippen LogP contribution in [-0.2, 0) is 6.42 Å². The van der Waals surface area contributed by atoms with Crippen molar-refractivity contribution in [1.29, 1.82) is 0 Å². The molecular weight excluding hydrogens is 188 g/mol. The van der Waals surface area contributed by atoms with Crippen molar-refractivity contribution in [2.75, 3.05) is 0 Å². The number of oxazole rings is 1. The largest absolute Gasteiger partial charge is 0.443 e. The first-order chi connectivity index (χ1) is 7.31. The van der Waals surface area contributed by atoms with Crippen LogP contribution in [-0.4, -0.2) is 9.97 Å². The Morgan fingerprint density at radius 1 is 1.33 bits per heavy atom. The molecule has 15 heavy (non-hydrogen) atoms. The van der Waals surface area contributed by atoms with E-state index >= 15 is 0 Å². The summed E-state index contributed by atoms with van der Waals surface area (Å²) in [5.41, 5.74) is 3.16. The van der Waals surface area contributed by atoms with Crippen LogP contribution in [0.25, 0.3) is 11.3 Å². The molecule has 0 unspecified atom stereocenters. The molecule has 2 rings (SSSR count). The molecule has 2 heterocycles. The Hall–Kier alpha value is -1.64. The third-order valence-corrected chi connectivity index (χ3v) is 2.27. The quantitative estimate of drug-likeness (QED) is 0.768. The summed E-state index contributed by atoms with van der Waals surface area (Å²) in [5, 5.41) is 0. The maximum Gasteiger partial charge on any atom is 0.181 e. The van der Waals surface area contributed by atoms with Crippen molar-refractivity contribution in [3.05, 3.63) is 36.1 Å². The van der Waals surface area contributed by atoms with Gasteiger partial charge in [0, 0.05) is 18.0 Å². The zero-order valence-corrected chi connectivity index (χ0v) is 9.03. The predicted octanol–water partition coefficient (Wildman–Crippen LogP) is 3.00. The highest BCUT2D eigenvalue weighted by Crippen LogP contribution is 2.23. The predicted molar refractivity (Wildman–Crippen MR) is 58.5 cm³/mol. The monoisotopic (exact) mass is 202 g/mol. The molecule has 0 aliphatic carbocycles. The van der Waals surface area contributed by atoms with E-state index in [-0.39, 0.29) is 0 Å². The molecule has 0 amide bonds. The first-order valence-electron chi connectivity index (χ1n) is 5.15. The van der Waals surface area contributed by atoms with Crippen LogP contribution in [0, 0.1) is 6.92 Å². The molecule has 0 N–H and O–H groups in total. The van der Waals surface area contributed by atoms with E-state index in [0.29, 0.717) is 0 Å². The smallest absolute Gasteiger partial charge is 0.181 e. The molecule has 0 radical (unpaired) electrons. The van der Waals surface area contributed by atoms with E-state index in [2.05, 4.69) is 23.0 Å². The highest BCUT2D eigenvalue weighted by molar-refractivity contribution is 5.59. The molecule has 0 spiro atoms. The first kappa shape index (κ1) is 9.90. The second-order valence-electron chi connectivity index (χ2n) is 3.63. The SMILES string of the molecule is CCCc1ncoc1-c1cncc(C)c1. The third-order valence-electron chi connectivity index (χ3n) is 2.27. The van der Waals surface area contributed by atoms with Crippen LogP contribution in [0.1, 0.15) is 24.6 Å². The number of nitrogens with zero attached hydrogens (tertiary/aromatic N) is 2. The minimum absolute atomic E-state index is 0.855. The van der Waals surface area contributed by atoms with Crippen molar-refractivity contribution >= 4 is 0 Å². The van der Waals surface area contributed by atoms with Crippen LogP contribution in [0.4, 0.5) is 0 Å². The Balaban J connectivity index is 2.40. The maximum absolute atomic E-state index is 5.41. The Morgan fingerprint density at radius 2 is 2.20 bits per heavy atom. The summed E-state index contributed by atoms with van der Waals surface area (Å²) in [6, 6.07) is 2.06. The minimum atomic E-state index is 0.855. The molecule has 0 saturated carbocycles. The van der Waals surface area contributed by atoms with Crippen molar-refractivity contribution in [3.8, 4) is 11.3 Å². The number of hydrogen-bond acceptors (Lipinski definition) is 3. The topological polar surface area (TPSA) is 38.9 Å². The second kappa shape index (κ2) is 4.26. The first-order valence-corrected chi connectivity index (χ1v) is 5.15. The number of aromatic nitrogens is 2. The second-order valence-corrected chi connectivity index (χ2v) is 3.63. The standard InChI is InChI=1S/C12H14N2O/c1-3-4-11-12(15-8-14-11)10-5-9(2)6-13-7-10/h5-8H,3-4H2,1-2H3. The minimum Gasteiger partial charge on any atom is -0.443 e. The average Bonchev–Trinajstić information content (AvgIpc) is 2.66. The summed E-state index contributed by atoms with van der Waals surface area (Å²) in [6.45, 7) is 4.15. The molecule has 3 heteroatoms. The van der Waals surface area contributed by atoms with Gasteiger partial charge in [0.1, 0.15) is 0 Å². The van der Waals surface area contributed by atoms with Gasteiger partial charge in [-0.3, -0.25) is 4.98 Å². The van der Waals surface area contributed by atoms with Gasteiger partial charge in [0.15, 0.2) is 12.2 Å². The molecular formula is C12H14N2O. The fourth-order valence-corrected chi connectivity index (χ4v) is 1.60. The lowest BCUT2D eigenvalue weighted by atomic mass is 10.1. The molecule has 3 nitrogen and oxygen atoms in total. The lowest BCUT2D eigenvalue weighted by molar-refractivity contribution is 0.570. The number of hydrogen-bond donors (Lipinski definition) is 0. The Labute approximate surface area is 89.2 Å². The van der Waals surface area contributed by atoms with Crippen LogP contribution >= 0.6 is 0 Å². The molecule has 0 aliphatic heterocycles. The zero-order chi connectivity index (χ0) is 10.7. The third kappa shape index (κ3) is 2.06. The highest BCUT2D eigenvalue weighted by atomic mass is 16.3. The van der Waals surface area contributed by atoms with Gasteiger partial charge in [-0.25, -0.2) is 4.98 Å². The van der Waals surface area contributed by atoms with Gasteiger partial charge in [0.05, 0.1) is 5.69 Å². The number of pyridine rings is 1. The van der Waals surface area contributed by atoms with Crippen molar-refractivity contribution in [2.24, 2.45) is 0 Å². The van der Waals surface area contributed by atoms with E-state index in [1.807, 2.05) is 19.3 Å². The van der Waals surface area contributed by atoms with Gasteiger partial charge >= 0.3 is 0 Å².